The first-order valence-electron chi connectivity index (χ1n) is 7.02. The molecule has 0 aliphatic carbocycles. The minimum atomic E-state index is -3.65. The van der Waals surface area contributed by atoms with Crippen molar-refractivity contribution in [3.05, 3.63) is 29.8 Å². The zero-order chi connectivity index (χ0) is 15.3. The third kappa shape index (κ3) is 3.44. The highest BCUT2D eigenvalue weighted by Crippen LogP contribution is 2.26. The molecule has 0 saturated carbocycles. The maximum atomic E-state index is 12.9. The van der Waals surface area contributed by atoms with Crippen molar-refractivity contribution in [2.75, 3.05) is 19.7 Å². The molecule has 1 atom stereocenters. The molecule has 1 saturated heterocycles. The van der Waals surface area contributed by atoms with Gasteiger partial charge in [-0.3, -0.25) is 0 Å². The summed E-state index contributed by atoms with van der Waals surface area (Å²) in [6.07, 6.45) is 2.44. The van der Waals surface area contributed by atoms with Crippen molar-refractivity contribution in [1.82, 2.24) is 4.31 Å². The lowest BCUT2D eigenvalue weighted by Gasteiger charge is -2.33. The maximum Gasteiger partial charge on any atom is 0.244 e. The third-order valence-electron chi connectivity index (χ3n) is 3.58. The molecule has 1 aliphatic heterocycles. The van der Waals surface area contributed by atoms with Gasteiger partial charge in [-0.1, -0.05) is 30.4 Å². The molecule has 0 aromatic heterocycles. The second kappa shape index (κ2) is 7.05. The quantitative estimate of drug-likeness (QED) is 0.798. The summed E-state index contributed by atoms with van der Waals surface area (Å²) in [6, 6.07) is 6.31. The van der Waals surface area contributed by atoms with E-state index in [9.17, 15) is 13.5 Å². The fraction of sp³-hybridized carbons (Fsp3) is 0.467. The van der Waals surface area contributed by atoms with Crippen molar-refractivity contribution in [2.24, 2.45) is 5.73 Å². The first-order chi connectivity index (χ1) is 10.1. The Morgan fingerprint density at radius 3 is 2.81 bits per heavy atom. The highest BCUT2D eigenvalue weighted by molar-refractivity contribution is 7.89. The molecule has 1 unspecified atom stereocenters. The minimum Gasteiger partial charge on any atom is -0.395 e. The van der Waals surface area contributed by atoms with Gasteiger partial charge in [-0.05, 0) is 25.0 Å². The van der Waals surface area contributed by atoms with E-state index in [1.807, 2.05) is 0 Å². The van der Waals surface area contributed by atoms with E-state index in [1.54, 1.807) is 24.3 Å². The molecule has 0 bridgehead atoms. The number of nitrogens with zero attached hydrogens (tertiary/aromatic N) is 1. The van der Waals surface area contributed by atoms with Gasteiger partial charge in [0.1, 0.15) is 0 Å². The van der Waals surface area contributed by atoms with E-state index in [0.29, 0.717) is 18.5 Å². The molecule has 6 heteroatoms. The molecule has 1 aromatic rings. The smallest absolute Gasteiger partial charge is 0.244 e. The predicted octanol–water partition coefficient (Wildman–Crippen LogP) is 0.532. The van der Waals surface area contributed by atoms with Crippen LogP contribution in [-0.4, -0.2) is 43.6 Å². The van der Waals surface area contributed by atoms with Crippen LogP contribution < -0.4 is 5.73 Å². The van der Waals surface area contributed by atoms with Crippen molar-refractivity contribution in [3.63, 3.8) is 0 Å². The van der Waals surface area contributed by atoms with Gasteiger partial charge in [-0.2, -0.15) is 4.31 Å². The van der Waals surface area contributed by atoms with Gasteiger partial charge >= 0.3 is 0 Å². The first kappa shape index (κ1) is 16.0. The Balaban J connectivity index is 2.44. The Kier molecular flexibility index (Phi) is 5.37. The van der Waals surface area contributed by atoms with Crippen molar-refractivity contribution >= 4 is 10.0 Å². The normalized spacial score (nSPS) is 19.8. The molecular weight excluding hydrogens is 288 g/mol. The molecule has 0 radical (unpaired) electrons. The van der Waals surface area contributed by atoms with Crippen LogP contribution in [0.15, 0.2) is 29.2 Å². The van der Waals surface area contributed by atoms with Gasteiger partial charge < -0.3 is 10.8 Å². The summed E-state index contributed by atoms with van der Waals surface area (Å²) in [6.45, 7) is 0.458. The van der Waals surface area contributed by atoms with Gasteiger partial charge in [0.2, 0.25) is 10.0 Å². The molecule has 1 fully saturated rings. The van der Waals surface area contributed by atoms with Crippen molar-refractivity contribution < 1.29 is 13.5 Å². The molecule has 5 nitrogen and oxygen atoms in total. The van der Waals surface area contributed by atoms with E-state index in [1.165, 1.54) is 4.31 Å². The van der Waals surface area contributed by atoms with Crippen molar-refractivity contribution in [1.29, 1.82) is 0 Å². The van der Waals surface area contributed by atoms with Crippen LogP contribution in [0.1, 0.15) is 24.8 Å². The minimum absolute atomic E-state index is 0.157. The second-order valence-electron chi connectivity index (χ2n) is 4.95. The summed E-state index contributed by atoms with van der Waals surface area (Å²) in [5.74, 6) is 5.50. The van der Waals surface area contributed by atoms with Crippen LogP contribution >= 0.6 is 0 Å². The Morgan fingerprint density at radius 2 is 2.10 bits per heavy atom. The van der Waals surface area contributed by atoms with E-state index in [2.05, 4.69) is 11.8 Å². The largest absolute Gasteiger partial charge is 0.395 e. The second-order valence-corrected chi connectivity index (χ2v) is 6.81. The lowest BCUT2D eigenvalue weighted by molar-refractivity contribution is 0.155. The van der Waals surface area contributed by atoms with Gasteiger partial charge in [0.05, 0.1) is 18.0 Å². The topological polar surface area (TPSA) is 83.6 Å². The number of rotatable bonds is 3. The fourth-order valence-electron chi connectivity index (χ4n) is 2.54. The number of nitrogens with two attached hydrogens (primary N) is 1. The molecule has 0 spiro atoms. The standard InChI is InChI=1S/C15H20N2O3S/c16-10-5-7-13-6-1-2-9-15(13)21(19,20)17-11-4-3-8-14(17)12-18/h1-2,6,9,14,18H,3-4,8,10-12,16H2. The Morgan fingerprint density at radius 1 is 1.33 bits per heavy atom. The monoisotopic (exact) mass is 308 g/mol. The predicted molar refractivity (Wildman–Crippen MR) is 81.0 cm³/mol. The van der Waals surface area contributed by atoms with E-state index >= 15 is 0 Å². The van der Waals surface area contributed by atoms with Gasteiger partial charge in [0, 0.05) is 18.2 Å². The lowest BCUT2D eigenvalue weighted by Crippen LogP contribution is -2.45. The maximum absolute atomic E-state index is 12.9. The van der Waals surface area contributed by atoms with E-state index in [4.69, 9.17) is 5.73 Å². The van der Waals surface area contributed by atoms with E-state index in [0.717, 1.165) is 12.8 Å². The van der Waals surface area contributed by atoms with Crippen molar-refractivity contribution in [2.45, 2.75) is 30.2 Å². The number of aliphatic hydroxyl groups is 1. The molecule has 21 heavy (non-hydrogen) atoms. The fourth-order valence-corrected chi connectivity index (χ4v) is 4.37. The zero-order valence-electron chi connectivity index (χ0n) is 11.8. The summed E-state index contributed by atoms with van der Waals surface area (Å²) in [7, 11) is -3.65. The van der Waals surface area contributed by atoms with E-state index < -0.39 is 10.0 Å². The van der Waals surface area contributed by atoms with Crippen LogP contribution in [0, 0.1) is 11.8 Å². The van der Waals surface area contributed by atoms with Crippen LogP contribution in [0.3, 0.4) is 0 Å². The number of hydrogen-bond donors (Lipinski definition) is 2. The number of sulfonamides is 1. The summed E-state index contributed by atoms with van der Waals surface area (Å²) in [5, 5.41) is 9.43. The molecule has 3 N–H and O–H groups in total. The number of hydrogen-bond acceptors (Lipinski definition) is 4. The van der Waals surface area contributed by atoms with Crippen LogP contribution in [0.2, 0.25) is 0 Å². The molecule has 2 rings (SSSR count). The van der Waals surface area contributed by atoms with Crippen LogP contribution in [-0.2, 0) is 10.0 Å². The Bertz CT molecular complexity index is 646. The van der Waals surface area contributed by atoms with Gasteiger partial charge in [0.15, 0.2) is 0 Å². The highest BCUT2D eigenvalue weighted by Gasteiger charge is 2.34. The molecule has 1 aromatic carbocycles. The summed E-state index contributed by atoms with van der Waals surface area (Å²) in [5.41, 5.74) is 5.80. The SMILES string of the molecule is NCC#Cc1ccccc1S(=O)(=O)N1CCCCC1CO. The highest BCUT2D eigenvalue weighted by atomic mass is 32.2. The summed E-state index contributed by atoms with van der Waals surface area (Å²) in [4.78, 5) is 0.186. The van der Waals surface area contributed by atoms with E-state index in [-0.39, 0.29) is 24.1 Å². The molecule has 0 amide bonds. The number of benzene rings is 1. The Hall–Kier alpha value is -1.39. The third-order valence-corrected chi connectivity index (χ3v) is 5.59. The van der Waals surface area contributed by atoms with Gasteiger partial charge in [0.25, 0.3) is 0 Å². The molecule has 1 heterocycles. The average molecular weight is 308 g/mol. The zero-order valence-corrected chi connectivity index (χ0v) is 12.6. The number of aliphatic hydroxyl groups excluding tert-OH is 1. The summed E-state index contributed by atoms with van der Waals surface area (Å²) >= 11 is 0. The number of piperidine rings is 1. The molecular formula is C15H20N2O3S. The van der Waals surface area contributed by atoms with Gasteiger partial charge in [-0.15, -0.1) is 0 Å². The van der Waals surface area contributed by atoms with Crippen LogP contribution in [0.25, 0.3) is 0 Å². The first-order valence-corrected chi connectivity index (χ1v) is 8.46. The lowest BCUT2D eigenvalue weighted by atomic mass is 10.1. The average Bonchev–Trinajstić information content (AvgIpc) is 2.53. The van der Waals surface area contributed by atoms with Gasteiger partial charge in [-0.25, -0.2) is 8.42 Å². The summed E-state index contributed by atoms with van der Waals surface area (Å²) < 4.78 is 27.1. The molecule has 1 aliphatic rings. The van der Waals surface area contributed by atoms with Crippen LogP contribution in [0.5, 0.6) is 0 Å². The van der Waals surface area contributed by atoms with Crippen LogP contribution in [0.4, 0.5) is 0 Å². The molecule has 114 valence electrons. The van der Waals surface area contributed by atoms with Crippen molar-refractivity contribution in [3.8, 4) is 11.8 Å². The Labute approximate surface area is 125 Å².